The molecular weight excluding hydrogens is 226 g/mol. The Balaban J connectivity index is 1.52. The Morgan fingerprint density at radius 3 is 2.94 bits per heavy atom. The number of nitrogens with one attached hydrogen (secondary N) is 2. The van der Waals surface area contributed by atoms with E-state index in [4.69, 9.17) is 0 Å². The number of rotatable bonds is 2. The van der Waals surface area contributed by atoms with E-state index in [0.29, 0.717) is 12.0 Å². The van der Waals surface area contributed by atoms with Gasteiger partial charge in [-0.1, -0.05) is 6.92 Å². The zero-order valence-corrected chi connectivity index (χ0v) is 11.3. The van der Waals surface area contributed by atoms with E-state index < -0.39 is 0 Å². The largest absolute Gasteiger partial charge is 0.353 e. The van der Waals surface area contributed by atoms with Crippen LogP contribution >= 0.6 is 0 Å². The second-order valence-corrected chi connectivity index (χ2v) is 6.30. The van der Waals surface area contributed by atoms with E-state index in [0.717, 1.165) is 25.6 Å². The number of amides is 1. The first-order valence-corrected chi connectivity index (χ1v) is 7.49. The van der Waals surface area contributed by atoms with Crippen LogP contribution in [0.1, 0.15) is 32.6 Å². The van der Waals surface area contributed by atoms with Gasteiger partial charge in [0.25, 0.3) is 0 Å². The molecule has 4 unspecified atom stereocenters. The summed E-state index contributed by atoms with van der Waals surface area (Å²) < 4.78 is 0. The standard InChI is InChI=1S/C14H25N3O/c1-10-8-15-9-13(10)14(18)16-11-4-6-17-5-2-3-12(17)7-11/h10-13,15H,2-9H2,1H3,(H,16,18). The number of fused-ring (bicyclic) bond motifs is 1. The predicted octanol–water partition coefficient (Wildman–Crippen LogP) is 0.585. The number of carbonyl (C=O) groups is 1. The van der Waals surface area contributed by atoms with E-state index in [-0.39, 0.29) is 11.8 Å². The van der Waals surface area contributed by atoms with Gasteiger partial charge in [-0.05, 0) is 44.7 Å². The molecule has 0 aliphatic carbocycles. The van der Waals surface area contributed by atoms with E-state index >= 15 is 0 Å². The van der Waals surface area contributed by atoms with Crippen LogP contribution in [-0.4, -0.2) is 49.1 Å². The number of piperidine rings is 1. The molecule has 0 radical (unpaired) electrons. The minimum atomic E-state index is 0.187. The molecule has 3 heterocycles. The Labute approximate surface area is 109 Å². The van der Waals surface area contributed by atoms with Crippen molar-refractivity contribution in [3.63, 3.8) is 0 Å². The summed E-state index contributed by atoms with van der Waals surface area (Å²) in [5.41, 5.74) is 0. The number of carbonyl (C=O) groups excluding carboxylic acids is 1. The molecule has 3 aliphatic heterocycles. The Morgan fingerprint density at radius 2 is 2.17 bits per heavy atom. The Hall–Kier alpha value is -0.610. The maximum absolute atomic E-state index is 12.3. The average Bonchev–Trinajstić information content (AvgIpc) is 2.96. The van der Waals surface area contributed by atoms with Crippen molar-refractivity contribution >= 4 is 5.91 Å². The molecule has 0 saturated carbocycles. The van der Waals surface area contributed by atoms with Crippen LogP contribution in [0.15, 0.2) is 0 Å². The van der Waals surface area contributed by atoms with Gasteiger partial charge in [-0.25, -0.2) is 0 Å². The number of nitrogens with zero attached hydrogens (tertiary/aromatic N) is 1. The van der Waals surface area contributed by atoms with Gasteiger partial charge < -0.3 is 15.5 Å². The summed E-state index contributed by atoms with van der Waals surface area (Å²) in [5, 5.41) is 6.61. The molecular formula is C14H25N3O. The zero-order valence-electron chi connectivity index (χ0n) is 11.3. The summed E-state index contributed by atoms with van der Waals surface area (Å²) in [7, 11) is 0. The van der Waals surface area contributed by atoms with Crippen LogP contribution in [0.3, 0.4) is 0 Å². The Morgan fingerprint density at radius 1 is 1.28 bits per heavy atom. The Kier molecular flexibility index (Phi) is 3.57. The van der Waals surface area contributed by atoms with Crippen molar-refractivity contribution in [2.45, 2.75) is 44.7 Å². The van der Waals surface area contributed by atoms with E-state index in [1.54, 1.807) is 0 Å². The van der Waals surface area contributed by atoms with Gasteiger partial charge in [0.1, 0.15) is 0 Å². The van der Waals surface area contributed by atoms with Crippen molar-refractivity contribution in [2.24, 2.45) is 11.8 Å². The first-order chi connectivity index (χ1) is 8.74. The van der Waals surface area contributed by atoms with Crippen molar-refractivity contribution < 1.29 is 4.79 Å². The molecule has 0 aromatic heterocycles. The van der Waals surface area contributed by atoms with Gasteiger partial charge >= 0.3 is 0 Å². The first-order valence-electron chi connectivity index (χ1n) is 7.49. The minimum absolute atomic E-state index is 0.187. The topological polar surface area (TPSA) is 44.4 Å². The maximum Gasteiger partial charge on any atom is 0.224 e. The van der Waals surface area contributed by atoms with Gasteiger partial charge in [-0.3, -0.25) is 4.79 Å². The smallest absolute Gasteiger partial charge is 0.224 e. The molecule has 3 rings (SSSR count). The summed E-state index contributed by atoms with van der Waals surface area (Å²) in [4.78, 5) is 14.9. The van der Waals surface area contributed by atoms with E-state index in [1.807, 2.05) is 0 Å². The van der Waals surface area contributed by atoms with Crippen LogP contribution < -0.4 is 10.6 Å². The summed E-state index contributed by atoms with van der Waals surface area (Å²) in [6.07, 6.45) is 4.97. The van der Waals surface area contributed by atoms with Gasteiger partial charge in [0.2, 0.25) is 5.91 Å². The fourth-order valence-electron chi connectivity index (χ4n) is 3.82. The highest BCUT2D eigenvalue weighted by atomic mass is 16.2. The normalized spacial score (nSPS) is 40.7. The second-order valence-electron chi connectivity index (χ2n) is 6.30. The summed E-state index contributed by atoms with van der Waals surface area (Å²) in [6.45, 7) is 6.46. The molecule has 4 nitrogen and oxygen atoms in total. The fourth-order valence-corrected chi connectivity index (χ4v) is 3.82. The quantitative estimate of drug-likeness (QED) is 0.755. The van der Waals surface area contributed by atoms with E-state index in [9.17, 15) is 4.79 Å². The van der Waals surface area contributed by atoms with Crippen LogP contribution in [0, 0.1) is 11.8 Å². The molecule has 102 valence electrons. The third kappa shape index (κ3) is 2.41. The van der Waals surface area contributed by atoms with Crippen LogP contribution in [0.2, 0.25) is 0 Å². The van der Waals surface area contributed by atoms with Crippen molar-refractivity contribution in [3.05, 3.63) is 0 Å². The molecule has 3 saturated heterocycles. The van der Waals surface area contributed by atoms with Crippen molar-refractivity contribution in [1.82, 2.24) is 15.5 Å². The van der Waals surface area contributed by atoms with Crippen LogP contribution in [0.5, 0.6) is 0 Å². The fraction of sp³-hybridized carbons (Fsp3) is 0.929. The van der Waals surface area contributed by atoms with Crippen LogP contribution in [0.4, 0.5) is 0 Å². The SMILES string of the molecule is CC1CNCC1C(=O)NC1CCN2CCCC2C1. The molecule has 2 N–H and O–H groups in total. The van der Waals surface area contributed by atoms with Crippen LogP contribution in [-0.2, 0) is 4.79 Å². The van der Waals surface area contributed by atoms with E-state index in [2.05, 4.69) is 22.5 Å². The number of hydrogen-bond acceptors (Lipinski definition) is 3. The molecule has 4 atom stereocenters. The molecule has 0 spiro atoms. The predicted molar refractivity (Wildman–Crippen MR) is 71.3 cm³/mol. The molecule has 4 heteroatoms. The third-order valence-electron chi connectivity index (χ3n) is 5.02. The average molecular weight is 251 g/mol. The van der Waals surface area contributed by atoms with Crippen LogP contribution in [0.25, 0.3) is 0 Å². The van der Waals surface area contributed by atoms with Crippen molar-refractivity contribution in [2.75, 3.05) is 26.2 Å². The molecule has 3 fully saturated rings. The summed E-state index contributed by atoms with van der Waals surface area (Å²) in [6, 6.07) is 1.16. The van der Waals surface area contributed by atoms with Gasteiger partial charge in [0, 0.05) is 25.2 Å². The lowest BCUT2D eigenvalue weighted by molar-refractivity contribution is -0.126. The van der Waals surface area contributed by atoms with Crippen molar-refractivity contribution in [3.8, 4) is 0 Å². The Bertz CT molecular complexity index is 320. The highest BCUT2D eigenvalue weighted by Crippen LogP contribution is 2.27. The van der Waals surface area contributed by atoms with Gasteiger partial charge in [0.15, 0.2) is 0 Å². The summed E-state index contributed by atoms with van der Waals surface area (Å²) in [5.74, 6) is 0.951. The lowest BCUT2D eigenvalue weighted by Gasteiger charge is -2.35. The maximum atomic E-state index is 12.3. The van der Waals surface area contributed by atoms with Gasteiger partial charge in [0.05, 0.1) is 5.92 Å². The van der Waals surface area contributed by atoms with Crippen molar-refractivity contribution in [1.29, 1.82) is 0 Å². The molecule has 18 heavy (non-hydrogen) atoms. The van der Waals surface area contributed by atoms with Gasteiger partial charge in [-0.2, -0.15) is 0 Å². The summed E-state index contributed by atoms with van der Waals surface area (Å²) >= 11 is 0. The first kappa shape index (κ1) is 12.4. The monoisotopic (exact) mass is 251 g/mol. The highest BCUT2D eigenvalue weighted by molar-refractivity contribution is 5.79. The highest BCUT2D eigenvalue weighted by Gasteiger charge is 2.35. The zero-order chi connectivity index (χ0) is 12.5. The lowest BCUT2D eigenvalue weighted by Crippen LogP contribution is -2.49. The molecule has 3 aliphatic rings. The lowest BCUT2D eigenvalue weighted by atomic mass is 9.94. The molecule has 0 aromatic rings. The number of hydrogen-bond donors (Lipinski definition) is 2. The molecule has 0 bridgehead atoms. The second kappa shape index (κ2) is 5.17. The minimum Gasteiger partial charge on any atom is -0.353 e. The van der Waals surface area contributed by atoms with Gasteiger partial charge in [-0.15, -0.1) is 0 Å². The molecule has 1 amide bonds. The third-order valence-corrected chi connectivity index (χ3v) is 5.02. The molecule has 0 aromatic carbocycles. The van der Waals surface area contributed by atoms with E-state index in [1.165, 1.54) is 32.4 Å².